The van der Waals surface area contributed by atoms with E-state index >= 15 is 0 Å². The summed E-state index contributed by atoms with van der Waals surface area (Å²) in [5.41, 5.74) is 3.99. The first-order valence-electron chi connectivity index (χ1n) is 6.00. The molecule has 0 aromatic carbocycles. The lowest BCUT2D eigenvalue weighted by Crippen LogP contribution is -2.24. The van der Waals surface area contributed by atoms with Gasteiger partial charge in [0, 0.05) is 30.9 Å². The number of nitrogens with zero attached hydrogens (tertiary/aromatic N) is 2. The molecule has 0 bridgehead atoms. The summed E-state index contributed by atoms with van der Waals surface area (Å²) in [4.78, 5) is 4.42. The van der Waals surface area contributed by atoms with Crippen LogP contribution in [0.15, 0.2) is 18.3 Å². The normalized spacial score (nSPS) is 14.2. The van der Waals surface area contributed by atoms with Crippen LogP contribution >= 0.6 is 0 Å². The van der Waals surface area contributed by atoms with Crippen LogP contribution in [0.3, 0.4) is 0 Å². The van der Waals surface area contributed by atoms with Gasteiger partial charge in [0.1, 0.15) is 5.65 Å². The largest absolute Gasteiger partial charge is 0.331 e. The van der Waals surface area contributed by atoms with Crippen LogP contribution in [-0.2, 0) is 20.0 Å². The van der Waals surface area contributed by atoms with Gasteiger partial charge >= 0.3 is 0 Å². The van der Waals surface area contributed by atoms with Gasteiger partial charge in [-0.1, -0.05) is 13.8 Å². The van der Waals surface area contributed by atoms with Crippen LogP contribution in [0, 0.1) is 0 Å². The number of rotatable bonds is 0. The highest BCUT2D eigenvalue weighted by molar-refractivity contribution is 5.82. The van der Waals surface area contributed by atoms with Crippen LogP contribution < -0.4 is 5.32 Å². The Hall–Kier alpha value is -1.35. The lowest BCUT2D eigenvalue weighted by Gasteiger charge is -2.14. The first kappa shape index (κ1) is 11.1. The molecule has 86 valence electrons. The molecule has 3 heteroatoms. The summed E-state index contributed by atoms with van der Waals surface area (Å²) >= 11 is 0. The van der Waals surface area contributed by atoms with Gasteiger partial charge in [-0.3, -0.25) is 0 Å². The molecule has 1 aliphatic heterocycles. The van der Waals surface area contributed by atoms with E-state index in [1.807, 2.05) is 26.1 Å². The topological polar surface area (TPSA) is 29.9 Å². The monoisotopic (exact) mass is 217 g/mol. The highest BCUT2D eigenvalue weighted by Crippen LogP contribution is 2.25. The Bertz CT molecular complexity index is 485. The fourth-order valence-corrected chi connectivity index (χ4v) is 2.31. The number of aromatic nitrogens is 2. The van der Waals surface area contributed by atoms with E-state index in [2.05, 4.69) is 28.0 Å². The molecule has 3 heterocycles. The van der Waals surface area contributed by atoms with Crippen LogP contribution in [0.2, 0.25) is 0 Å². The summed E-state index contributed by atoms with van der Waals surface area (Å²) in [6.45, 7) is 6.06. The number of fused-ring (bicyclic) bond motifs is 3. The van der Waals surface area contributed by atoms with Gasteiger partial charge in [0.05, 0.1) is 0 Å². The summed E-state index contributed by atoms with van der Waals surface area (Å²) in [5, 5.41) is 4.72. The minimum Gasteiger partial charge on any atom is -0.331 e. The number of aryl methyl sites for hydroxylation is 1. The van der Waals surface area contributed by atoms with Gasteiger partial charge in [0.15, 0.2) is 0 Å². The molecule has 16 heavy (non-hydrogen) atoms. The smallest absolute Gasteiger partial charge is 0.140 e. The van der Waals surface area contributed by atoms with E-state index in [-0.39, 0.29) is 0 Å². The fraction of sp³-hybridized carbons (Fsp3) is 0.462. The Morgan fingerprint density at radius 1 is 1.38 bits per heavy atom. The molecule has 0 amide bonds. The summed E-state index contributed by atoms with van der Waals surface area (Å²) in [5.74, 6) is 0. The molecule has 0 atom stereocenters. The van der Waals surface area contributed by atoms with Crippen molar-refractivity contribution in [3.8, 4) is 0 Å². The second-order valence-electron chi connectivity index (χ2n) is 3.79. The van der Waals surface area contributed by atoms with Crippen LogP contribution in [0.25, 0.3) is 11.0 Å². The second kappa shape index (κ2) is 4.66. The van der Waals surface area contributed by atoms with Crippen LogP contribution in [0.4, 0.5) is 0 Å². The first-order valence-corrected chi connectivity index (χ1v) is 6.00. The van der Waals surface area contributed by atoms with E-state index in [9.17, 15) is 0 Å². The van der Waals surface area contributed by atoms with Crippen molar-refractivity contribution in [1.29, 1.82) is 0 Å². The Morgan fingerprint density at radius 2 is 2.19 bits per heavy atom. The summed E-state index contributed by atoms with van der Waals surface area (Å²) < 4.78 is 2.21. The Balaban J connectivity index is 0.000000457. The van der Waals surface area contributed by atoms with Gasteiger partial charge in [0.2, 0.25) is 0 Å². The van der Waals surface area contributed by atoms with Crippen molar-refractivity contribution in [3.05, 3.63) is 29.6 Å². The average molecular weight is 217 g/mol. The zero-order chi connectivity index (χ0) is 11.5. The third kappa shape index (κ3) is 1.61. The van der Waals surface area contributed by atoms with Gasteiger partial charge in [-0.25, -0.2) is 4.98 Å². The SMILES string of the molecule is CC.Cn1c2c(c3cccnc31)CCNC2. The predicted octanol–water partition coefficient (Wildman–Crippen LogP) is 2.25. The van der Waals surface area contributed by atoms with Crippen LogP contribution in [0.1, 0.15) is 25.1 Å². The average Bonchev–Trinajstić information content (AvgIpc) is 2.67. The minimum atomic E-state index is 0.974. The zero-order valence-corrected chi connectivity index (χ0v) is 10.2. The van der Waals surface area contributed by atoms with Crippen molar-refractivity contribution in [3.63, 3.8) is 0 Å². The molecule has 3 rings (SSSR count). The predicted molar refractivity (Wildman–Crippen MR) is 67.5 cm³/mol. The lowest BCUT2D eigenvalue weighted by molar-refractivity contribution is 0.613. The third-order valence-electron chi connectivity index (χ3n) is 3.03. The van der Waals surface area contributed by atoms with E-state index in [0.29, 0.717) is 0 Å². The van der Waals surface area contributed by atoms with E-state index in [1.54, 1.807) is 0 Å². The standard InChI is InChI=1S/C11H13N3.C2H6/c1-14-10-7-12-6-4-8(10)9-3-2-5-13-11(9)14;1-2/h2-3,5,12H,4,6-7H2,1H3;1-2H3. The number of hydrogen-bond acceptors (Lipinski definition) is 2. The molecular formula is C13H19N3. The van der Waals surface area contributed by atoms with Gasteiger partial charge < -0.3 is 9.88 Å². The molecule has 2 aromatic rings. The lowest BCUT2D eigenvalue weighted by atomic mass is 10.1. The molecule has 3 nitrogen and oxygen atoms in total. The molecule has 0 spiro atoms. The van der Waals surface area contributed by atoms with Crippen molar-refractivity contribution >= 4 is 11.0 Å². The molecule has 0 radical (unpaired) electrons. The van der Waals surface area contributed by atoms with Crippen molar-refractivity contribution in [2.24, 2.45) is 7.05 Å². The van der Waals surface area contributed by atoms with Gasteiger partial charge in [0.25, 0.3) is 0 Å². The molecule has 0 saturated heterocycles. The minimum absolute atomic E-state index is 0.974. The van der Waals surface area contributed by atoms with Gasteiger partial charge in [-0.05, 0) is 30.7 Å². The summed E-state index contributed by atoms with van der Waals surface area (Å²) in [6.07, 6.45) is 2.99. The molecule has 1 N–H and O–H groups in total. The van der Waals surface area contributed by atoms with Crippen molar-refractivity contribution in [2.45, 2.75) is 26.8 Å². The Morgan fingerprint density at radius 3 is 3.00 bits per heavy atom. The number of pyridine rings is 1. The van der Waals surface area contributed by atoms with Gasteiger partial charge in [-0.15, -0.1) is 0 Å². The van der Waals surface area contributed by atoms with E-state index in [0.717, 1.165) is 25.2 Å². The van der Waals surface area contributed by atoms with Crippen LogP contribution in [0.5, 0.6) is 0 Å². The first-order chi connectivity index (χ1) is 7.88. The quantitative estimate of drug-likeness (QED) is 0.733. The Labute approximate surface area is 96.5 Å². The van der Waals surface area contributed by atoms with Crippen LogP contribution in [-0.4, -0.2) is 16.1 Å². The summed E-state index contributed by atoms with van der Waals surface area (Å²) in [7, 11) is 2.10. The van der Waals surface area contributed by atoms with Gasteiger partial charge in [-0.2, -0.15) is 0 Å². The molecule has 0 saturated carbocycles. The number of hydrogen-bond donors (Lipinski definition) is 1. The maximum Gasteiger partial charge on any atom is 0.140 e. The maximum atomic E-state index is 4.42. The van der Waals surface area contributed by atoms with Crippen molar-refractivity contribution < 1.29 is 0 Å². The highest BCUT2D eigenvalue weighted by atomic mass is 15.1. The maximum absolute atomic E-state index is 4.42. The second-order valence-corrected chi connectivity index (χ2v) is 3.79. The molecule has 0 aliphatic carbocycles. The highest BCUT2D eigenvalue weighted by Gasteiger charge is 2.17. The van der Waals surface area contributed by atoms with Crippen molar-refractivity contribution in [1.82, 2.24) is 14.9 Å². The molecule has 1 aliphatic rings. The Kier molecular flexibility index (Phi) is 3.25. The molecular weight excluding hydrogens is 198 g/mol. The fourth-order valence-electron chi connectivity index (χ4n) is 2.31. The summed E-state index contributed by atoms with van der Waals surface area (Å²) in [6, 6.07) is 4.19. The van der Waals surface area contributed by atoms with E-state index in [4.69, 9.17) is 0 Å². The van der Waals surface area contributed by atoms with E-state index in [1.165, 1.54) is 16.6 Å². The zero-order valence-electron chi connectivity index (χ0n) is 10.2. The third-order valence-corrected chi connectivity index (χ3v) is 3.03. The molecule has 2 aromatic heterocycles. The molecule has 0 unspecified atom stereocenters. The number of nitrogens with one attached hydrogen (secondary N) is 1. The van der Waals surface area contributed by atoms with Crippen molar-refractivity contribution in [2.75, 3.05) is 6.54 Å². The van der Waals surface area contributed by atoms with E-state index < -0.39 is 0 Å². The molecule has 0 fully saturated rings.